The van der Waals surface area contributed by atoms with Crippen molar-refractivity contribution in [3.05, 3.63) is 58.6 Å². The summed E-state index contributed by atoms with van der Waals surface area (Å²) in [5.41, 5.74) is 3.70. The van der Waals surface area contributed by atoms with E-state index in [2.05, 4.69) is 15.8 Å². The highest BCUT2D eigenvalue weighted by atomic mass is 35.5. The molecule has 0 bridgehead atoms. The normalized spacial score (nSPS) is 10.5. The van der Waals surface area contributed by atoms with Crippen molar-refractivity contribution in [2.75, 3.05) is 13.2 Å². The van der Waals surface area contributed by atoms with Crippen molar-refractivity contribution < 1.29 is 19.1 Å². The van der Waals surface area contributed by atoms with Crippen LogP contribution in [0.2, 0.25) is 5.02 Å². The van der Waals surface area contributed by atoms with Gasteiger partial charge in [-0.1, -0.05) is 29.8 Å². The number of likely N-dealkylation sites (N-methyl/N-ethyl adjacent to an activating group) is 1. The van der Waals surface area contributed by atoms with Crippen molar-refractivity contribution in [1.82, 2.24) is 10.7 Å². The summed E-state index contributed by atoms with van der Waals surface area (Å²) in [5.74, 6) is -0.473. The Labute approximate surface area is 168 Å². The highest BCUT2D eigenvalue weighted by Gasteiger charge is 2.11. The molecule has 8 heteroatoms. The zero-order chi connectivity index (χ0) is 20.4. The molecule has 0 atom stereocenters. The Morgan fingerprint density at radius 3 is 2.57 bits per heavy atom. The highest BCUT2D eigenvalue weighted by molar-refractivity contribution is 6.35. The van der Waals surface area contributed by atoms with Gasteiger partial charge in [0.25, 0.3) is 0 Å². The van der Waals surface area contributed by atoms with Gasteiger partial charge in [0.2, 0.25) is 0 Å². The summed E-state index contributed by atoms with van der Waals surface area (Å²) in [7, 11) is 0. The van der Waals surface area contributed by atoms with Gasteiger partial charge in [-0.25, -0.2) is 5.43 Å². The molecule has 28 heavy (non-hydrogen) atoms. The van der Waals surface area contributed by atoms with E-state index in [1.165, 1.54) is 6.21 Å². The fourth-order valence-electron chi connectivity index (χ4n) is 2.22. The Hall–Kier alpha value is -3.06. The molecule has 148 valence electrons. The molecule has 2 rings (SSSR count). The van der Waals surface area contributed by atoms with E-state index in [9.17, 15) is 9.59 Å². The van der Waals surface area contributed by atoms with Gasteiger partial charge >= 0.3 is 11.8 Å². The predicted molar refractivity (Wildman–Crippen MR) is 108 cm³/mol. The van der Waals surface area contributed by atoms with Gasteiger partial charge in [-0.05, 0) is 43.7 Å². The lowest BCUT2D eigenvalue weighted by atomic mass is 10.2. The van der Waals surface area contributed by atoms with Crippen molar-refractivity contribution in [3.8, 4) is 11.5 Å². The number of hydrazone groups is 1. The number of hydrogen-bond acceptors (Lipinski definition) is 5. The molecule has 2 aromatic carbocycles. The van der Waals surface area contributed by atoms with Crippen LogP contribution in [-0.2, 0) is 16.2 Å². The van der Waals surface area contributed by atoms with Gasteiger partial charge in [0.1, 0.15) is 6.61 Å². The maximum atomic E-state index is 11.5. The van der Waals surface area contributed by atoms with E-state index in [1.54, 1.807) is 31.2 Å². The van der Waals surface area contributed by atoms with Crippen molar-refractivity contribution in [1.29, 1.82) is 0 Å². The van der Waals surface area contributed by atoms with E-state index in [0.717, 1.165) is 5.56 Å². The average molecular weight is 404 g/mol. The van der Waals surface area contributed by atoms with E-state index in [1.807, 2.05) is 25.1 Å². The third-order valence-electron chi connectivity index (χ3n) is 3.53. The lowest BCUT2D eigenvalue weighted by Gasteiger charge is -2.13. The monoisotopic (exact) mass is 403 g/mol. The molecule has 0 radical (unpaired) electrons. The van der Waals surface area contributed by atoms with Gasteiger partial charge in [0, 0.05) is 17.1 Å². The molecular weight excluding hydrogens is 382 g/mol. The second kappa shape index (κ2) is 10.9. The number of nitrogens with zero attached hydrogens (tertiary/aromatic N) is 1. The lowest BCUT2D eigenvalue weighted by Crippen LogP contribution is -2.37. The molecule has 0 saturated carbocycles. The molecule has 0 saturated heterocycles. The van der Waals surface area contributed by atoms with Crippen LogP contribution in [0.25, 0.3) is 0 Å². The molecule has 0 aliphatic rings. The van der Waals surface area contributed by atoms with Gasteiger partial charge < -0.3 is 14.8 Å². The van der Waals surface area contributed by atoms with Gasteiger partial charge in [0.05, 0.1) is 12.8 Å². The van der Waals surface area contributed by atoms with E-state index in [4.69, 9.17) is 21.1 Å². The first-order chi connectivity index (χ1) is 13.5. The molecular formula is C20H22ClN3O4. The van der Waals surface area contributed by atoms with Crippen LogP contribution in [0.15, 0.2) is 47.6 Å². The Kier molecular flexibility index (Phi) is 8.30. The maximum Gasteiger partial charge on any atom is 0.329 e. The Morgan fingerprint density at radius 1 is 1.07 bits per heavy atom. The number of rotatable bonds is 8. The van der Waals surface area contributed by atoms with E-state index >= 15 is 0 Å². The fraction of sp³-hybridized carbons (Fsp3) is 0.250. The second-order valence-electron chi connectivity index (χ2n) is 5.58. The van der Waals surface area contributed by atoms with Crippen LogP contribution >= 0.6 is 11.6 Å². The Bertz CT molecular complexity index is 855. The summed E-state index contributed by atoms with van der Waals surface area (Å²) in [6.07, 6.45) is 1.41. The first-order valence-electron chi connectivity index (χ1n) is 8.79. The lowest BCUT2D eigenvalue weighted by molar-refractivity contribution is -0.139. The number of benzene rings is 2. The third kappa shape index (κ3) is 6.28. The van der Waals surface area contributed by atoms with E-state index < -0.39 is 11.8 Å². The van der Waals surface area contributed by atoms with Gasteiger partial charge in [-0.2, -0.15) is 5.10 Å². The highest BCUT2D eigenvalue weighted by Crippen LogP contribution is 2.29. The standard InChI is InChI=1S/C20H22ClN3O4/c1-3-22-19(25)20(26)24-23-12-14-9-10-17(18(11-14)27-4-2)28-13-15-7-5-6-8-16(15)21/h5-12H,3-4,13H2,1-2H3,(H,22,25)(H,24,26)/b23-12-. The molecule has 0 spiro atoms. The molecule has 0 aliphatic carbocycles. The fourth-order valence-corrected chi connectivity index (χ4v) is 2.41. The largest absolute Gasteiger partial charge is 0.490 e. The van der Waals surface area contributed by atoms with Crippen molar-refractivity contribution >= 4 is 29.6 Å². The molecule has 0 aromatic heterocycles. The summed E-state index contributed by atoms with van der Waals surface area (Å²) in [4.78, 5) is 22.8. The van der Waals surface area contributed by atoms with Gasteiger partial charge in [-0.15, -0.1) is 0 Å². The van der Waals surface area contributed by atoms with Crippen LogP contribution in [0.3, 0.4) is 0 Å². The topological polar surface area (TPSA) is 89.0 Å². The van der Waals surface area contributed by atoms with Crippen LogP contribution in [0.4, 0.5) is 0 Å². The Morgan fingerprint density at radius 2 is 1.86 bits per heavy atom. The molecule has 2 aromatic rings. The summed E-state index contributed by atoms with van der Waals surface area (Å²) >= 11 is 6.15. The van der Waals surface area contributed by atoms with Crippen molar-refractivity contribution in [3.63, 3.8) is 0 Å². The minimum Gasteiger partial charge on any atom is -0.490 e. The van der Waals surface area contributed by atoms with Crippen LogP contribution in [-0.4, -0.2) is 31.2 Å². The number of nitrogens with one attached hydrogen (secondary N) is 2. The summed E-state index contributed by atoms with van der Waals surface area (Å²) in [5, 5.41) is 6.80. The molecule has 2 N–H and O–H groups in total. The van der Waals surface area contributed by atoms with Gasteiger partial charge in [-0.3, -0.25) is 9.59 Å². The number of halogens is 1. The van der Waals surface area contributed by atoms with Crippen molar-refractivity contribution in [2.24, 2.45) is 5.10 Å². The average Bonchev–Trinajstić information content (AvgIpc) is 2.69. The number of amides is 2. The second-order valence-corrected chi connectivity index (χ2v) is 5.99. The van der Waals surface area contributed by atoms with Crippen LogP contribution < -0.4 is 20.2 Å². The zero-order valence-electron chi connectivity index (χ0n) is 15.7. The third-order valence-corrected chi connectivity index (χ3v) is 3.90. The molecule has 2 amide bonds. The number of carbonyl (C=O) groups excluding carboxylic acids is 2. The predicted octanol–water partition coefficient (Wildman–Crippen LogP) is 2.90. The molecule has 0 heterocycles. The van der Waals surface area contributed by atoms with E-state index in [-0.39, 0.29) is 0 Å². The number of ether oxygens (including phenoxy) is 2. The first-order valence-corrected chi connectivity index (χ1v) is 9.17. The smallest absolute Gasteiger partial charge is 0.329 e. The number of carbonyl (C=O) groups is 2. The van der Waals surface area contributed by atoms with E-state index in [0.29, 0.717) is 41.8 Å². The first kappa shape index (κ1) is 21.2. The molecule has 7 nitrogen and oxygen atoms in total. The quantitative estimate of drug-likeness (QED) is 0.403. The molecule has 0 unspecified atom stereocenters. The van der Waals surface area contributed by atoms with Crippen LogP contribution in [0, 0.1) is 0 Å². The number of hydrogen-bond donors (Lipinski definition) is 2. The van der Waals surface area contributed by atoms with Crippen molar-refractivity contribution in [2.45, 2.75) is 20.5 Å². The SMILES string of the molecule is CCNC(=O)C(=O)N/N=C\c1ccc(OCc2ccccc2Cl)c(OCC)c1. The molecule has 0 aliphatic heterocycles. The zero-order valence-corrected chi connectivity index (χ0v) is 16.5. The molecule has 0 fully saturated rings. The summed E-state index contributed by atoms with van der Waals surface area (Å²) in [6.45, 7) is 4.71. The van der Waals surface area contributed by atoms with Gasteiger partial charge in [0.15, 0.2) is 11.5 Å². The summed E-state index contributed by atoms with van der Waals surface area (Å²) in [6, 6.07) is 12.7. The maximum absolute atomic E-state index is 11.5. The summed E-state index contributed by atoms with van der Waals surface area (Å²) < 4.78 is 11.5. The van der Waals surface area contributed by atoms with Crippen LogP contribution in [0.1, 0.15) is 25.0 Å². The Balaban J connectivity index is 2.05. The minimum absolute atomic E-state index is 0.301. The van der Waals surface area contributed by atoms with Crippen LogP contribution in [0.5, 0.6) is 11.5 Å². The minimum atomic E-state index is -0.831.